The van der Waals surface area contributed by atoms with Gasteiger partial charge in [-0.2, -0.15) is 4.31 Å². The number of nitrogens with one attached hydrogen (secondary N) is 1. The van der Waals surface area contributed by atoms with Crippen LogP contribution in [0.4, 0.5) is 0 Å². The van der Waals surface area contributed by atoms with Crippen LogP contribution in [0.3, 0.4) is 0 Å². The number of carbonyl (C=O) groups is 1. The summed E-state index contributed by atoms with van der Waals surface area (Å²) < 4.78 is 27.0. The molecule has 0 unspecified atom stereocenters. The van der Waals surface area contributed by atoms with Crippen molar-refractivity contribution in [1.29, 1.82) is 0 Å². The number of fused-ring (bicyclic) bond motifs is 1. The molecule has 0 bridgehead atoms. The SMILES string of the molecule is O=C1CCN(S(=O)(=O)c2cccc3c(O)nccc23)CCN1. The molecule has 0 aliphatic carbocycles. The molecule has 116 valence electrons. The van der Waals surface area contributed by atoms with Gasteiger partial charge in [0.25, 0.3) is 0 Å². The van der Waals surface area contributed by atoms with Crippen molar-refractivity contribution in [3.05, 3.63) is 30.5 Å². The molecule has 8 heteroatoms. The molecule has 2 aromatic rings. The number of nitrogens with zero attached hydrogens (tertiary/aromatic N) is 2. The van der Waals surface area contributed by atoms with Crippen LogP contribution in [0.1, 0.15) is 6.42 Å². The van der Waals surface area contributed by atoms with Crippen molar-refractivity contribution < 1.29 is 18.3 Å². The lowest BCUT2D eigenvalue weighted by Crippen LogP contribution is -2.34. The average Bonchev–Trinajstić information content (AvgIpc) is 2.72. The van der Waals surface area contributed by atoms with Crippen molar-refractivity contribution >= 4 is 26.7 Å². The van der Waals surface area contributed by atoms with E-state index in [1.807, 2.05) is 0 Å². The molecule has 1 aliphatic heterocycles. The van der Waals surface area contributed by atoms with Crippen LogP contribution >= 0.6 is 0 Å². The maximum Gasteiger partial charge on any atom is 0.243 e. The number of aromatic nitrogens is 1. The standard InChI is InChI=1S/C14H15N3O4S/c18-13-5-8-17(9-7-15-13)22(20,21)12-3-1-2-11-10(12)4-6-16-14(11)19/h1-4,6H,5,7-9H2,(H,15,18)(H,16,19). The van der Waals surface area contributed by atoms with E-state index in [0.717, 1.165) is 0 Å². The molecule has 1 amide bonds. The van der Waals surface area contributed by atoms with Gasteiger partial charge in [0.1, 0.15) is 0 Å². The Balaban J connectivity index is 2.09. The van der Waals surface area contributed by atoms with E-state index in [4.69, 9.17) is 0 Å². The summed E-state index contributed by atoms with van der Waals surface area (Å²) in [5.74, 6) is -0.361. The summed E-state index contributed by atoms with van der Waals surface area (Å²) in [4.78, 5) is 15.2. The Hall–Kier alpha value is -2.19. The van der Waals surface area contributed by atoms with Gasteiger partial charge in [-0.05, 0) is 18.2 Å². The molecule has 1 fully saturated rings. The van der Waals surface area contributed by atoms with E-state index in [1.54, 1.807) is 18.2 Å². The van der Waals surface area contributed by atoms with Crippen LogP contribution in [0, 0.1) is 0 Å². The smallest absolute Gasteiger partial charge is 0.243 e. The van der Waals surface area contributed by atoms with E-state index in [2.05, 4.69) is 10.3 Å². The summed E-state index contributed by atoms with van der Waals surface area (Å²) >= 11 is 0. The maximum absolute atomic E-state index is 12.9. The summed E-state index contributed by atoms with van der Waals surface area (Å²) in [6.07, 6.45) is 1.50. The summed E-state index contributed by atoms with van der Waals surface area (Å²) in [5.41, 5.74) is 0. The fourth-order valence-electron chi connectivity index (χ4n) is 2.51. The molecular formula is C14H15N3O4S. The third kappa shape index (κ3) is 2.51. The van der Waals surface area contributed by atoms with Gasteiger partial charge < -0.3 is 10.4 Å². The third-order valence-corrected chi connectivity index (χ3v) is 5.59. The van der Waals surface area contributed by atoms with Gasteiger partial charge in [-0.25, -0.2) is 13.4 Å². The molecule has 2 N–H and O–H groups in total. The number of amides is 1. The van der Waals surface area contributed by atoms with Crippen LogP contribution in [0.15, 0.2) is 35.4 Å². The van der Waals surface area contributed by atoms with Crippen molar-refractivity contribution in [2.75, 3.05) is 19.6 Å². The third-order valence-electron chi connectivity index (χ3n) is 3.63. The van der Waals surface area contributed by atoms with Crippen molar-refractivity contribution in [1.82, 2.24) is 14.6 Å². The highest BCUT2D eigenvalue weighted by atomic mass is 32.2. The van der Waals surface area contributed by atoms with E-state index in [0.29, 0.717) is 10.8 Å². The number of rotatable bonds is 2. The Morgan fingerprint density at radius 3 is 2.82 bits per heavy atom. The molecule has 3 rings (SSSR count). The quantitative estimate of drug-likeness (QED) is 0.836. The summed E-state index contributed by atoms with van der Waals surface area (Å²) in [6, 6.07) is 6.24. The van der Waals surface area contributed by atoms with Crippen molar-refractivity contribution in [2.45, 2.75) is 11.3 Å². The second kappa shape index (κ2) is 5.54. The lowest BCUT2D eigenvalue weighted by molar-refractivity contribution is -0.120. The van der Waals surface area contributed by atoms with Gasteiger partial charge in [0.2, 0.25) is 21.8 Å². The van der Waals surface area contributed by atoms with Crippen molar-refractivity contribution in [3.63, 3.8) is 0 Å². The summed E-state index contributed by atoms with van der Waals surface area (Å²) in [5, 5.41) is 13.2. The van der Waals surface area contributed by atoms with E-state index in [1.165, 1.54) is 16.6 Å². The molecule has 22 heavy (non-hydrogen) atoms. The fourth-order valence-corrected chi connectivity index (χ4v) is 4.16. The van der Waals surface area contributed by atoms with Crippen LogP contribution < -0.4 is 5.32 Å². The van der Waals surface area contributed by atoms with Gasteiger partial charge in [-0.1, -0.05) is 6.07 Å². The number of carbonyl (C=O) groups excluding carboxylic acids is 1. The highest BCUT2D eigenvalue weighted by molar-refractivity contribution is 7.89. The molecule has 1 aromatic carbocycles. The minimum atomic E-state index is -3.75. The molecule has 0 spiro atoms. The van der Waals surface area contributed by atoms with Gasteiger partial charge in [0, 0.05) is 43.0 Å². The number of benzene rings is 1. The van der Waals surface area contributed by atoms with Crippen molar-refractivity contribution in [3.8, 4) is 5.88 Å². The van der Waals surface area contributed by atoms with Crippen LogP contribution in [0.2, 0.25) is 0 Å². The minimum Gasteiger partial charge on any atom is -0.493 e. The van der Waals surface area contributed by atoms with Gasteiger partial charge in [-0.15, -0.1) is 0 Å². The lowest BCUT2D eigenvalue weighted by atomic mass is 10.2. The topological polar surface area (TPSA) is 99.6 Å². The summed E-state index contributed by atoms with van der Waals surface area (Å²) in [6.45, 7) is 0.652. The Labute approximate surface area is 127 Å². The van der Waals surface area contributed by atoms with Crippen LogP contribution in [-0.4, -0.2) is 48.4 Å². The normalized spacial score (nSPS) is 17.2. The number of aromatic hydroxyl groups is 1. The number of sulfonamides is 1. The highest BCUT2D eigenvalue weighted by Crippen LogP contribution is 2.29. The largest absolute Gasteiger partial charge is 0.493 e. The van der Waals surface area contributed by atoms with Crippen LogP contribution in [0.5, 0.6) is 5.88 Å². The van der Waals surface area contributed by atoms with E-state index >= 15 is 0 Å². The first-order valence-corrected chi connectivity index (χ1v) is 8.28. The molecule has 0 atom stereocenters. The van der Waals surface area contributed by atoms with Gasteiger partial charge >= 0.3 is 0 Å². The molecule has 1 aliphatic rings. The minimum absolute atomic E-state index is 0.108. The van der Waals surface area contributed by atoms with Crippen LogP contribution in [-0.2, 0) is 14.8 Å². The number of hydrogen-bond donors (Lipinski definition) is 2. The van der Waals surface area contributed by atoms with E-state index < -0.39 is 10.0 Å². The zero-order valence-corrected chi connectivity index (χ0v) is 12.5. The molecule has 2 heterocycles. The first kappa shape index (κ1) is 14.7. The Bertz CT molecular complexity index is 835. The molecular weight excluding hydrogens is 306 g/mol. The average molecular weight is 321 g/mol. The van der Waals surface area contributed by atoms with E-state index in [9.17, 15) is 18.3 Å². The van der Waals surface area contributed by atoms with Gasteiger partial charge in [-0.3, -0.25) is 4.79 Å². The Morgan fingerprint density at radius 2 is 2.00 bits per heavy atom. The predicted octanol–water partition coefficient (Wildman–Crippen LogP) is 0.451. The molecule has 0 radical (unpaired) electrons. The number of pyridine rings is 1. The van der Waals surface area contributed by atoms with E-state index in [-0.39, 0.29) is 42.7 Å². The second-order valence-corrected chi connectivity index (χ2v) is 6.90. The lowest BCUT2D eigenvalue weighted by Gasteiger charge is -2.20. The Kier molecular flexibility index (Phi) is 3.71. The number of hydrogen-bond acceptors (Lipinski definition) is 5. The van der Waals surface area contributed by atoms with Crippen LogP contribution in [0.25, 0.3) is 10.8 Å². The van der Waals surface area contributed by atoms with Crippen molar-refractivity contribution in [2.24, 2.45) is 0 Å². The first-order valence-electron chi connectivity index (χ1n) is 6.84. The molecule has 1 aromatic heterocycles. The second-order valence-electron chi connectivity index (χ2n) is 4.99. The zero-order chi connectivity index (χ0) is 15.7. The fraction of sp³-hybridized carbons (Fsp3) is 0.286. The monoisotopic (exact) mass is 321 g/mol. The summed E-state index contributed by atoms with van der Waals surface area (Å²) in [7, 11) is -3.75. The highest BCUT2D eigenvalue weighted by Gasteiger charge is 2.28. The maximum atomic E-state index is 12.9. The molecule has 1 saturated heterocycles. The molecule has 7 nitrogen and oxygen atoms in total. The Morgan fingerprint density at radius 1 is 1.18 bits per heavy atom. The zero-order valence-electron chi connectivity index (χ0n) is 11.7. The van der Waals surface area contributed by atoms with Gasteiger partial charge in [0.05, 0.1) is 4.90 Å². The first-order chi connectivity index (χ1) is 10.5. The van der Waals surface area contributed by atoms with Gasteiger partial charge in [0.15, 0.2) is 0 Å². The molecule has 0 saturated carbocycles. The predicted molar refractivity (Wildman–Crippen MR) is 79.8 cm³/mol.